The van der Waals surface area contributed by atoms with Gasteiger partial charge in [0.05, 0.1) is 11.9 Å². The van der Waals surface area contributed by atoms with Gasteiger partial charge in [-0.25, -0.2) is 13.1 Å². The molecular weight excluding hydrogens is 192 g/mol. The minimum atomic E-state index is -3.07. The van der Waals surface area contributed by atoms with Gasteiger partial charge in [-0.3, -0.25) is 0 Å². The minimum absolute atomic E-state index is 0.108. The van der Waals surface area contributed by atoms with Gasteiger partial charge in [-0.05, 0) is 13.3 Å². The van der Waals surface area contributed by atoms with E-state index < -0.39 is 10.0 Å². The van der Waals surface area contributed by atoms with Gasteiger partial charge in [0.1, 0.15) is 6.26 Å². The summed E-state index contributed by atoms with van der Waals surface area (Å²) in [6, 6.07) is 0. The van der Waals surface area contributed by atoms with E-state index in [0.29, 0.717) is 13.0 Å². The summed E-state index contributed by atoms with van der Waals surface area (Å²) in [4.78, 5) is 0. The zero-order valence-electron chi connectivity index (χ0n) is 7.36. The van der Waals surface area contributed by atoms with Crippen LogP contribution < -0.4 is 4.72 Å². The van der Waals surface area contributed by atoms with E-state index in [1.54, 1.807) is 13.1 Å². The van der Waals surface area contributed by atoms with Crippen molar-refractivity contribution in [1.82, 2.24) is 9.88 Å². The predicted octanol–water partition coefficient (Wildman–Crippen LogP) is 0.156. The lowest BCUT2D eigenvalue weighted by Gasteiger charge is -2.01. The van der Waals surface area contributed by atoms with Gasteiger partial charge in [-0.2, -0.15) is 0 Å². The van der Waals surface area contributed by atoms with Crippen LogP contribution in [-0.4, -0.2) is 25.9 Å². The van der Waals surface area contributed by atoms with Crippen molar-refractivity contribution < 1.29 is 12.9 Å². The van der Waals surface area contributed by atoms with Crippen LogP contribution in [0.3, 0.4) is 0 Å². The van der Waals surface area contributed by atoms with E-state index in [9.17, 15) is 8.42 Å². The standard InChI is InChI=1S/C7H12N2O3S/c1-2-13(10,11)9-4-3-7-5-8-12-6-7/h5-6,9H,2-4H2,1H3. The summed E-state index contributed by atoms with van der Waals surface area (Å²) < 4.78 is 29.0. The molecule has 6 heteroatoms. The van der Waals surface area contributed by atoms with Crippen LogP contribution in [0.1, 0.15) is 12.5 Å². The Labute approximate surface area is 77.2 Å². The van der Waals surface area contributed by atoms with Crippen LogP contribution in [0, 0.1) is 0 Å². The highest BCUT2D eigenvalue weighted by molar-refractivity contribution is 7.89. The lowest BCUT2D eigenvalue weighted by molar-refractivity contribution is 0.419. The van der Waals surface area contributed by atoms with Gasteiger partial charge in [0.2, 0.25) is 10.0 Å². The molecule has 0 saturated carbocycles. The highest BCUT2D eigenvalue weighted by atomic mass is 32.2. The summed E-state index contributed by atoms with van der Waals surface area (Å²) in [7, 11) is -3.07. The molecule has 1 aromatic rings. The van der Waals surface area contributed by atoms with Gasteiger partial charge < -0.3 is 4.52 Å². The number of nitrogens with zero attached hydrogens (tertiary/aromatic N) is 1. The molecule has 13 heavy (non-hydrogen) atoms. The van der Waals surface area contributed by atoms with Gasteiger partial charge >= 0.3 is 0 Å². The third-order valence-electron chi connectivity index (χ3n) is 1.60. The number of aromatic nitrogens is 1. The molecule has 1 rings (SSSR count). The number of nitrogens with one attached hydrogen (secondary N) is 1. The Morgan fingerprint density at radius 3 is 2.92 bits per heavy atom. The SMILES string of the molecule is CCS(=O)(=O)NCCc1cnoc1. The van der Waals surface area contributed by atoms with Crippen molar-refractivity contribution in [2.45, 2.75) is 13.3 Å². The van der Waals surface area contributed by atoms with Gasteiger partial charge in [0.25, 0.3) is 0 Å². The first-order valence-electron chi connectivity index (χ1n) is 3.99. The molecule has 0 bridgehead atoms. The fraction of sp³-hybridized carbons (Fsp3) is 0.571. The molecule has 0 saturated heterocycles. The van der Waals surface area contributed by atoms with Crippen molar-refractivity contribution in [3.63, 3.8) is 0 Å². The third kappa shape index (κ3) is 3.56. The molecule has 0 fully saturated rings. The monoisotopic (exact) mass is 204 g/mol. The number of sulfonamides is 1. The van der Waals surface area contributed by atoms with Crippen molar-refractivity contribution in [2.75, 3.05) is 12.3 Å². The first-order valence-corrected chi connectivity index (χ1v) is 5.65. The summed E-state index contributed by atoms with van der Waals surface area (Å²) in [5.41, 5.74) is 0.888. The van der Waals surface area contributed by atoms with Crippen molar-refractivity contribution in [2.24, 2.45) is 0 Å². The second kappa shape index (κ2) is 4.38. The molecule has 0 spiro atoms. The van der Waals surface area contributed by atoms with E-state index in [0.717, 1.165) is 5.56 Å². The van der Waals surface area contributed by atoms with Crippen LogP contribution in [0.25, 0.3) is 0 Å². The predicted molar refractivity (Wildman–Crippen MR) is 47.7 cm³/mol. The Kier molecular flexibility index (Phi) is 3.44. The second-order valence-corrected chi connectivity index (χ2v) is 4.68. The van der Waals surface area contributed by atoms with E-state index in [1.807, 2.05) is 0 Å². The van der Waals surface area contributed by atoms with Gasteiger partial charge in [-0.15, -0.1) is 0 Å². The largest absolute Gasteiger partial charge is 0.364 e. The van der Waals surface area contributed by atoms with Crippen molar-refractivity contribution in [3.8, 4) is 0 Å². The molecule has 0 radical (unpaired) electrons. The highest BCUT2D eigenvalue weighted by Crippen LogP contribution is 1.96. The molecule has 0 unspecified atom stereocenters. The van der Waals surface area contributed by atoms with E-state index >= 15 is 0 Å². The third-order valence-corrected chi connectivity index (χ3v) is 3.00. The summed E-state index contributed by atoms with van der Waals surface area (Å²) in [6.45, 7) is 1.99. The Hall–Kier alpha value is -0.880. The lowest BCUT2D eigenvalue weighted by atomic mass is 10.3. The highest BCUT2D eigenvalue weighted by Gasteiger charge is 2.05. The molecule has 0 aromatic carbocycles. The number of hydrogen-bond acceptors (Lipinski definition) is 4. The van der Waals surface area contributed by atoms with Crippen molar-refractivity contribution in [1.29, 1.82) is 0 Å². The number of rotatable bonds is 5. The molecule has 0 aliphatic heterocycles. The average molecular weight is 204 g/mol. The smallest absolute Gasteiger partial charge is 0.211 e. The topological polar surface area (TPSA) is 72.2 Å². The molecule has 5 nitrogen and oxygen atoms in total. The van der Waals surface area contributed by atoms with E-state index in [2.05, 4.69) is 14.4 Å². The molecular formula is C7H12N2O3S. The zero-order chi connectivity index (χ0) is 9.73. The van der Waals surface area contributed by atoms with Gasteiger partial charge in [-0.1, -0.05) is 5.16 Å². The van der Waals surface area contributed by atoms with Crippen molar-refractivity contribution in [3.05, 3.63) is 18.0 Å². The Bertz CT molecular complexity index is 331. The molecule has 0 atom stereocenters. The maximum atomic E-state index is 11.0. The molecule has 0 amide bonds. The molecule has 0 aliphatic carbocycles. The van der Waals surface area contributed by atoms with Crippen LogP contribution in [0.4, 0.5) is 0 Å². The fourth-order valence-corrected chi connectivity index (χ4v) is 1.42. The summed E-state index contributed by atoms with van der Waals surface area (Å²) in [5.74, 6) is 0.108. The normalized spacial score (nSPS) is 11.8. The Morgan fingerprint density at radius 2 is 2.38 bits per heavy atom. The Balaban J connectivity index is 2.30. The minimum Gasteiger partial charge on any atom is -0.364 e. The molecule has 74 valence electrons. The van der Waals surface area contributed by atoms with Gasteiger partial charge in [0, 0.05) is 12.1 Å². The van der Waals surface area contributed by atoms with Gasteiger partial charge in [0.15, 0.2) is 0 Å². The van der Waals surface area contributed by atoms with Crippen molar-refractivity contribution >= 4 is 10.0 Å². The molecule has 0 aliphatic rings. The van der Waals surface area contributed by atoms with E-state index in [1.165, 1.54) is 6.26 Å². The summed E-state index contributed by atoms with van der Waals surface area (Å²) in [5, 5.41) is 3.51. The van der Waals surface area contributed by atoms with Crippen LogP contribution in [0.5, 0.6) is 0 Å². The first-order chi connectivity index (χ1) is 6.14. The quantitative estimate of drug-likeness (QED) is 0.741. The Morgan fingerprint density at radius 1 is 1.62 bits per heavy atom. The second-order valence-electron chi connectivity index (χ2n) is 2.58. The van der Waals surface area contributed by atoms with Crippen LogP contribution in [-0.2, 0) is 16.4 Å². The van der Waals surface area contributed by atoms with E-state index in [-0.39, 0.29) is 5.75 Å². The van der Waals surface area contributed by atoms with Crippen LogP contribution in [0.2, 0.25) is 0 Å². The average Bonchev–Trinajstić information content (AvgIpc) is 2.57. The molecule has 1 heterocycles. The van der Waals surface area contributed by atoms with Crippen LogP contribution >= 0.6 is 0 Å². The maximum absolute atomic E-state index is 11.0. The zero-order valence-corrected chi connectivity index (χ0v) is 8.17. The molecule has 1 aromatic heterocycles. The first kappa shape index (κ1) is 10.2. The lowest BCUT2D eigenvalue weighted by Crippen LogP contribution is -2.27. The fourth-order valence-electron chi connectivity index (χ4n) is 0.803. The summed E-state index contributed by atoms with van der Waals surface area (Å²) >= 11 is 0. The molecule has 1 N–H and O–H groups in total. The maximum Gasteiger partial charge on any atom is 0.211 e. The number of hydrogen-bond donors (Lipinski definition) is 1. The van der Waals surface area contributed by atoms with E-state index in [4.69, 9.17) is 0 Å². The summed E-state index contributed by atoms with van der Waals surface area (Å²) in [6.07, 6.45) is 3.67. The van der Waals surface area contributed by atoms with Crippen LogP contribution in [0.15, 0.2) is 17.0 Å².